The van der Waals surface area contributed by atoms with Crippen molar-refractivity contribution in [3.05, 3.63) is 82.9 Å². The fourth-order valence-electron chi connectivity index (χ4n) is 4.67. The lowest BCUT2D eigenvalue weighted by atomic mass is 9.95. The monoisotopic (exact) mass is 609 g/mol. The molecule has 2 amide bonds. The number of alkyl halides is 3. The van der Waals surface area contributed by atoms with Gasteiger partial charge < -0.3 is 24.8 Å². The molecule has 1 aliphatic rings. The molecule has 8 nitrogen and oxygen atoms in total. The zero-order valence-electron chi connectivity index (χ0n) is 24.7. The van der Waals surface area contributed by atoms with Crippen molar-refractivity contribution in [3.63, 3.8) is 0 Å². The Labute approximate surface area is 254 Å². The van der Waals surface area contributed by atoms with Crippen molar-refractivity contribution in [1.82, 2.24) is 10.6 Å². The number of nitrogens with zero attached hydrogens (tertiary/aromatic N) is 1. The number of rotatable bonds is 8. The fourth-order valence-corrected chi connectivity index (χ4v) is 4.67. The van der Waals surface area contributed by atoms with Gasteiger partial charge in [0.1, 0.15) is 28.6 Å². The Bertz CT molecular complexity index is 1520. The molecule has 3 aromatic carbocycles. The summed E-state index contributed by atoms with van der Waals surface area (Å²) in [7, 11) is 0. The number of halogens is 3. The summed E-state index contributed by atoms with van der Waals surface area (Å²) in [6, 6.07) is 15.7. The second-order valence-electron chi connectivity index (χ2n) is 11.5. The van der Waals surface area contributed by atoms with E-state index in [9.17, 15) is 22.8 Å². The Hall–Kier alpha value is -4.72. The minimum Gasteiger partial charge on any atom is -0.457 e. The summed E-state index contributed by atoms with van der Waals surface area (Å²) in [5.74, 6) is -0.417. The van der Waals surface area contributed by atoms with Crippen LogP contribution in [0.1, 0.15) is 79.9 Å². The molecule has 0 aromatic heterocycles. The zero-order valence-corrected chi connectivity index (χ0v) is 24.7. The van der Waals surface area contributed by atoms with E-state index in [0.717, 1.165) is 43.7 Å². The number of carbonyl (C=O) groups excluding carboxylic acids is 2. The summed E-state index contributed by atoms with van der Waals surface area (Å²) in [4.78, 5) is 25.2. The van der Waals surface area contributed by atoms with Crippen LogP contribution in [0.2, 0.25) is 0 Å². The maximum absolute atomic E-state index is 13.8. The van der Waals surface area contributed by atoms with E-state index in [0.29, 0.717) is 11.8 Å². The van der Waals surface area contributed by atoms with Gasteiger partial charge in [0.05, 0.1) is 17.2 Å². The largest absolute Gasteiger partial charge is 0.457 e. The Morgan fingerprint density at radius 2 is 1.55 bits per heavy atom. The highest BCUT2D eigenvalue weighted by Crippen LogP contribution is 2.40. The summed E-state index contributed by atoms with van der Waals surface area (Å²) < 4.78 is 58.3. The van der Waals surface area contributed by atoms with Crippen LogP contribution in [-0.2, 0) is 17.5 Å². The third kappa shape index (κ3) is 9.39. The maximum atomic E-state index is 13.8. The van der Waals surface area contributed by atoms with Gasteiger partial charge in [-0.05, 0) is 81.6 Å². The number of alkyl carbamates (subject to hydrolysis) is 1. The number of nitriles is 1. The molecule has 1 saturated carbocycles. The second kappa shape index (κ2) is 13.7. The summed E-state index contributed by atoms with van der Waals surface area (Å²) in [6.45, 7) is 5.52. The first-order valence-electron chi connectivity index (χ1n) is 14.3. The lowest BCUT2D eigenvalue weighted by Gasteiger charge is -2.23. The van der Waals surface area contributed by atoms with Crippen molar-refractivity contribution in [2.24, 2.45) is 0 Å². The molecule has 4 rings (SSSR count). The second-order valence-corrected chi connectivity index (χ2v) is 11.5. The van der Waals surface area contributed by atoms with Crippen LogP contribution in [-0.4, -0.2) is 23.6 Å². The van der Waals surface area contributed by atoms with Crippen LogP contribution < -0.4 is 20.1 Å². The summed E-state index contributed by atoms with van der Waals surface area (Å²) in [5.41, 5.74) is -0.983. The van der Waals surface area contributed by atoms with Crippen LogP contribution in [0.25, 0.3) is 0 Å². The van der Waals surface area contributed by atoms with Crippen molar-refractivity contribution in [1.29, 1.82) is 5.26 Å². The molecule has 0 radical (unpaired) electrons. The van der Waals surface area contributed by atoms with Gasteiger partial charge >= 0.3 is 12.3 Å². The molecule has 0 aliphatic heterocycles. The van der Waals surface area contributed by atoms with Crippen LogP contribution in [0.3, 0.4) is 0 Å². The predicted molar refractivity (Wildman–Crippen MR) is 157 cm³/mol. The topological polar surface area (TPSA) is 110 Å². The van der Waals surface area contributed by atoms with Crippen LogP contribution in [0.4, 0.5) is 18.0 Å². The average Bonchev–Trinajstić information content (AvgIpc) is 2.96. The highest BCUT2D eigenvalue weighted by atomic mass is 19.4. The van der Waals surface area contributed by atoms with Crippen LogP contribution in [0, 0.1) is 11.3 Å². The molecular formula is C33H34F3N3O5. The molecule has 0 unspecified atom stereocenters. The summed E-state index contributed by atoms with van der Waals surface area (Å²) in [5, 5.41) is 14.8. The van der Waals surface area contributed by atoms with Crippen LogP contribution in [0.5, 0.6) is 23.0 Å². The molecule has 0 atom stereocenters. The lowest BCUT2D eigenvalue weighted by molar-refractivity contribution is -0.138. The summed E-state index contributed by atoms with van der Waals surface area (Å²) in [6.07, 6.45) is -0.520. The number of nitrogens with one attached hydrogen (secondary N) is 2. The molecule has 0 bridgehead atoms. The quantitative estimate of drug-likeness (QED) is 0.266. The van der Waals surface area contributed by atoms with Crippen molar-refractivity contribution < 1.29 is 37.0 Å². The van der Waals surface area contributed by atoms with Gasteiger partial charge in [-0.1, -0.05) is 31.4 Å². The standard InChI is InChI=1S/C33H34F3N3O5/c1-32(2,3)44-31(41)38-20-21-9-12-25(13-10-21)42-26-16-23(30(40)39-24-7-5-4-6-8-24)17-27(18-26)43-29-14-11-22(19-37)15-28(29)33(34,35)36/h9-18,24H,4-8,20H2,1-3H3,(H,38,41)(H,39,40). The van der Waals surface area contributed by atoms with Crippen LogP contribution >= 0.6 is 0 Å². The van der Waals surface area contributed by atoms with Gasteiger partial charge in [-0.25, -0.2) is 4.79 Å². The van der Waals surface area contributed by atoms with E-state index in [-0.39, 0.29) is 35.2 Å². The van der Waals surface area contributed by atoms with Gasteiger partial charge in [0.15, 0.2) is 0 Å². The molecule has 0 saturated heterocycles. The van der Waals surface area contributed by atoms with Gasteiger partial charge in [-0.15, -0.1) is 0 Å². The van der Waals surface area contributed by atoms with Crippen LogP contribution in [0.15, 0.2) is 60.7 Å². The highest BCUT2D eigenvalue weighted by molar-refractivity contribution is 5.95. The Kier molecular flexibility index (Phi) is 10.0. The first-order chi connectivity index (χ1) is 20.8. The van der Waals surface area contributed by atoms with E-state index in [1.165, 1.54) is 24.3 Å². The molecule has 0 spiro atoms. The zero-order chi connectivity index (χ0) is 31.9. The smallest absolute Gasteiger partial charge is 0.420 e. The molecule has 44 heavy (non-hydrogen) atoms. The van der Waals surface area contributed by atoms with Gasteiger partial charge in [-0.3, -0.25) is 4.79 Å². The van der Waals surface area contributed by atoms with Crippen molar-refractivity contribution >= 4 is 12.0 Å². The minimum atomic E-state index is -4.78. The minimum absolute atomic E-state index is 0.00221. The fraction of sp³-hybridized carbons (Fsp3) is 0.364. The molecule has 232 valence electrons. The van der Waals surface area contributed by atoms with E-state index >= 15 is 0 Å². The van der Waals surface area contributed by atoms with E-state index in [2.05, 4.69) is 10.6 Å². The molecular weight excluding hydrogens is 575 g/mol. The predicted octanol–water partition coefficient (Wildman–Crippen LogP) is 8.25. The molecule has 0 heterocycles. The first-order valence-corrected chi connectivity index (χ1v) is 14.3. The average molecular weight is 610 g/mol. The third-order valence-corrected chi connectivity index (χ3v) is 6.72. The van der Waals surface area contributed by atoms with Gasteiger partial charge in [0.2, 0.25) is 0 Å². The Balaban J connectivity index is 1.57. The summed E-state index contributed by atoms with van der Waals surface area (Å²) >= 11 is 0. The van der Waals surface area contributed by atoms with Gasteiger partial charge in [0.25, 0.3) is 5.91 Å². The highest BCUT2D eigenvalue weighted by Gasteiger charge is 2.35. The van der Waals surface area contributed by atoms with Gasteiger partial charge in [0, 0.05) is 24.2 Å². The number of carbonyl (C=O) groups is 2. The number of ether oxygens (including phenoxy) is 3. The maximum Gasteiger partial charge on any atom is 0.420 e. The SMILES string of the molecule is CC(C)(C)OC(=O)NCc1ccc(Oc2cc(Oc3ccc(C#N)cc3C(F)(F)F)cc(C(=O)NC3CCCCC3)c2)cc1. The molecule has 2 N–H and O–H groups in total. The number of hydrogen-bond acceptors (Lipinski definition) is 6. The van der Waals surface area contributed by atoms with Crippen molar-refractivity contribution in [3.8, 4) is 29.1 Å². The number of benzene rings is 3. The van der Waals surface area contributed by atoms with E-state index in [1.807, 2.05) is 0 Å². The first kappa shape index (κ1) is 32.2. The third-order valence-electron chi connectivity index (χ3n) is 6.72. The van der Waals surface area contributed by atoms with E-state index in [4.69, 9.17) is 19.5 Å². The molecule has 3 aromatic rings. The van der Waals surface area contributed by atoms with Crippen molar-refractivity contribution in [2.45, 2.75) is 77.2 Å². The number of amides is 2. The lowest BCUT2D eigenvalue weighted by Crippen LogP contribution is -2.36. The Morgan fingerprint density at radius 1 is 0.886 bits per heavy atom. The van der Waals surface area contributed by atoms with Crippen molar-refractivity contribution in [2.75, 3.05) is 0 Å². The molecule has 1 fully saturated rings. The Morgan fingerprint density at radius 3 is 2.16 bits per heavy atom. The van der Waals surface area contributed by atoms with E-state index < -0.39 is 35.1 Å². The van der Waals surface area contributed by atoms with Gasteiger partial charge in [-0.2, -0.15) is 18.4 Å². The normalized spacial score (nSPS) is 13.8. The molecule has 11 heteroatoms. The van der Waals surface area contributed by atoms with E-state index in [1.54, 1.807) is 51.1 Å². The molecule has 1 aliphatic carbocycles. The number of hydrogen-bond donors (Lipinski definition) is 2.